The summed E-state index contributed by atoms with van der Waals surface area (Å²) in [4.78, 5) is 12.6. The lowest BCUT2D eigenvalue weighted by molar-refractivity contribution is -0.120. The Kier molecular flexibility index (Phi) is 5.84. The van der Waals surface area contributed by atoms with Gasteiger partial charge in [0, 0.05) is 6.54 Å². The molecule has 11 heteroatoms. The Hall–Kier alpha value is -2.66. The van der Waals surface area contributed by atoms with Gasteiger partial charge in [-0.2, -0.15) is 4.31 Å². The molecule has 1 aromatic carbocycles. The van der Waals surface area contributed by atoms with Crippen LogP contribution in [0, 0.1) is 0 Å². The van der Waals surface area contributed by atoms with Gasteiger partial charge < -0.3 is 13.9 Å². The van der Waals surface area contributed by atoms with Crippen LogP contribution in [-0.4, -0.2) is 61.9 Å². The molecule has 0 aliphatic carbocycles. The van der Waals surface area contributed by atoms with Crippen LogP contribution in [0.2, 0.25) is 0 Å². The van der Waals surface area contributed by atoms with Crippen LogP contribution in [0.4, 0.5) is 6.01 Å². The highest BCUT2D eigenvalue weighted by Crippen LogP contribution is 2.33. The molecule has 1 aliphatic rings. The number of rotatable bonds is 6. The molecule has 0 spiro atoms. The van der Waals surface area contributed by atoms with E-state index < -0.39 is 22.0 Å². The molecule has 0 bridgehead atoms. The molecular formula is C17H22N4O6S. The highest BCUT2D eigenvalue weighted by atomic mass is 32.2. The van der Waals surface area contributed by atoms with Gasteiger partial charge in [-0.1, -0.05) is 11.5 Å². The van der Waals surface area contributed by atoms with Gasteiger partial charge in [-0.25, -0.2) is 8.42 Å². The largest absolute Gasteiger partial charge is 0.497 e. The Morgan fingerprint density at radius 2 is 2.04 bits per heavy atom. The summed E-state index contributed by atoms with van der Waals surface area (Å²) < 4.78 is 41.1. The number of nitrogens with one attached hydrogen (secondary N) is 1. The van der Waals surface area contributed by atoms with E-state index in [1.165, 1.54) is 18.5 Å². The molecule has 28 heavy (non-hydrogen) atoms. The Morgan fingerprint density at radius 3 is 2.71 bits per heavy atom. The van der Waals surface area contributed by atoms with Gasteiger partial charge in [0.15, 0.2) is 0 Å². The molecule has 152 valence electrons. The number of anilines is 1. The molecule has 1 aromatic heterocycles. The lowest BCUT2D eigenvalue weighted by atomic mass is 10.0. The Balaban J connectivity index is 1.80. The van der Waals surface area contributed by atoms with Crippen molar-refractivity contribution in [2.75, 3.05) is 32.3 Å². The van der Waals surface area contributed by atoms with E-state index in [-0.39, 0.29) is 11.9 Å². The summed E-state index contributed by atoms with van der Waals surface area (Å²) >= 11 is 0. The van der Waals surface area contributed by atoms with E-state index >= 15 is 0 Å². The van der Waals surface area contributed by atoms with E-state index in [4.69, 9.17) is 13.9 Å². The fraction of sp³-hybridized carbons (Fsp3) is 0.471. The van der Waals surface area contributed by atoms with E-state index in [0.717, 1.165) is 19.1 Å². The number of piperidine rings is 1. The van der Waals surface area contributed by atoms with Crippen LogP contribution in [0.1, 0.15) is 19.3 Å². The molecule has 0 saturated carbocycles. The topological polar surface area (TPSA) is 124 Å². The van der Waals surface area contributed by atoms with Crippen LogP contribution in [0.15, 0.2) is 22.6 Å². The number of carbonyl (C=O) groups excluding carboxylic acids is 1. The molecule has 2 aromatic rings. The average molecular weight is 410 g/mol. The zero-order valence-corrected chi connectivity index (χ0v) is 16.7. The van der Waals surface area contributed by atoms with Crippen LogP contribution in [0.3, 0.4) is 0 Å². The number of benzene rings is 1. The van der Waals surface area contributed by atoms with Crippen molar-refractivity contribution in [1.29, 1.82) is 0 Å². The zero-order chi connectivity index (χ0) is 20.3. The van der Waals surface area contributed by atoms with Gasteiger partial charge in [0.1, 0.15) is 17.5 Å². The SMILES string of the molecule is COc1ccc(OC)c(-c2nnc(NC(=O)C3CCCCN3S(C)(=O)=O)o2)c1. The first kappa shape index (κ1) is 20.1. The summed E-state index contributed by atoms with van der Waals surface area (Å²) in [6.45, 7) is 0.313. The zero-order valence-electron chi connectivity index (χ0n) is 15.8. The van der Waals surface area contributed by atoms with Crippen molar-refractivity contribution in [2.24, 2.45) is 0 Å². The van der Waals surface area contributed by atoms with Crippen molar-refractivity contribution in [3.05, 3.63) is 18.2 Å². The van der Waals surface area contributed by atoms with Crippen LogP contribution in [0.5, 0.6) is 11.5 Å². The number of amides is 1. The quantitative estimate of drug-likeness (QED) is 0.760. The second kappa shape index (κ2) is 8.15. The summed E-state index contributed by atoms with van der Waals surface area (Å²) in [5.41, 5.74) is 0.505. The molecule has 3 rings (SSSR count). The maximum atomic E-state index is 12.6. The molecule has 0 radical (unpaired) electrons. The standard InChI is InChI=1S/C17H22N4O6S/c1-25-11-7-8-14(26-2)12(10-11)16-19-20-17(27-16)18-15(22)13-6-4-5-9-21(13)28(3,23)24/h7-8,10,13H,4-6,9H2,1-3H3,(H,18,20,22). The summed E-state index contributed by atoms with van der Waals surface area (Å²) in [5, 5.41) is 10.3. The highest BCUT2D eigenvalue weighted by Gasteiger charge is 2.35. The van der Waals surface area contributed by atoms with Crippen molar-refractivity contribution in [2.45, 2.75) is 25.3 Å². The lowest BCUT2D eigenvalue weighted by Gasteiger charge is -2.32. The van der Waals surface area contributed by atoms with Crippen LogP contribution < -0.4 is 14.8 Å². The molecule has 2 heterocycles. The molecule has 1 saturated heterocycles. The number of ether oxygens (including phenoxy) is 2. The number of hydrogen-bond acceptors (Lipinski definition) is 8. The Bertz CT molecular complexity index is 958. The fourth-order valence-corrected chi connectivity index (χ4v) is 4.24. The summed E-state index contributed by atoms with van der Waals surface area (Å²) in [5.74, 6) is 0.705. The lowest BCUT2D eigenvalue weighted by Crippen LogP contribution is -2.49. The third-order valence-electron chi connectivity index (χ3n) is 4.47. The normalized spacial score (nSPS) is 17.9. The van der Waals surface area contributed by atoms with E-state index in [9.17, 15) is 13.2 Å². The predicted molar refractivity (Wildman–Crippen MR) is 101 cm³/mol. The minimum atomic E-state index is -3.49. The molecule has 1 unspecified atom stereocenters. The third-order valence-corrected chi connectivity index (χ3v) is 5.76. The predicted octanol–water partition coefficient (Wildman–Crippen LogP) is 1.51. The van der Waals surface area contributed by atoms with Crippen LogP contribution >= 0.6 is 0 Å². The smallest absolute Gasteiger partial charge is 0.322 e. The number of methoxy groups -OCH3 is 2. The third kappa shape index (κ3) is 4.25. The highest BCUT2D eigenvalue weighted by molar-refractivity contribution is 7.88. The van der Waals surface area contributed by atoms with E-state index in [0.29, 0.717) is 30.0 Å². The minimum Gasteiger partial charge on any atom is -0.497 e. The van der Waals surface area contributed by atoms with Crippen molar-refractivity contribution < 1.29 is 27.1 Å². The summed E-state index contributed by atoms with van der Waals surface area (Å²) in [6.07, 6.45) is 3.01. The number of hydrogen-bond donors (Lipinski definition) is 1. The number of aromatic nitrogens is 2. The first-order chi connectivity index (χ1) is 13.3. The first-order valence-corrected chi connectivity index (χ1v) is 10.5. The molecule has 1 N–H and O–H groups in total. The molecule has 1 fully saturated rings. The summed E-state index contributed by atoms with van der Waals surface area (Å²) in [6, 6.07) is 4.17. The second-order valence-electron chi connectivity index (χ2n) is 6.35. The number of carbonyl (C=O) groups is 1. The van der Waals surface area contributed by atoms with Crippen molar-refractivity contribution in [3.8, 4) is 23.0 Å². The van der Waals surface area contributed by atoms with Crippen molar-refractivity contribution in [1.82, 2.24) is 14.5 Å². The van der Waals surface area contributed by atoms with E-state index in [1.54, 1.807) is 18.2 Å². The molecule has 1 atom stereocenters. The molecular weight excluding hydrogens is 388 g/mol. The Morgan fingerprint density at radius 1 is 1.25 bits per heavy atom. The second-order valence-corrected chi connectivity index (χ2v) is 8.29. The maximum Gasteiger partial charge on any atom is 0.322 e. The Labute approximate surface area is 162 Å². The van der Waals surface area contributed by atoms with Crippen molar-refractivity contribution >= 4 is 21.9 Å². The van der Waals surface area contributed by atoms with Gasteiger partial charge in [0.25, 0.3) is 5.89 Å². The van der Waals surface area contributed by atoms with E-state index in [1.807, 2.05) is 0 Å². The maximum absolute atomic E-state index is 12.6. The minimum absolute atomic E-state index is 0.121. The van der Waals surface area contributed by atoms with Gasteiger partial charge in [-0.05, 0) is 31.0 Å². The average Bonchev–Trinajstić information content (AvgIpc) is 3.15. The van der Waals surface area contributed by atoms with Gasteiger partial charge in [0.05, 0.1) is 26.0 Å². The van der Waals surface area contributed by atoms with Gasteiger partial charge in [-0.15, -0.1) is 5.10 Å². The fourth-order valence-electron chi connectivity index (χ4n) is 3.12. The van der Waals surface area contributed by atoms with Crippen LogP contribution in [0.25, 0.3) is 11.5 Å². The number of nitrogens with zero attached hydrogens (tertiary/aromatic N) is 3. The summed E-state index contributed by atoms with van der Waals surface area (Å²) in [7, 11) is -0.454. The molecule has 1 amide bonds. The van der Waals surface area contributed by atoms with Crippen molar-refractivity contribution in [3.63, 3.8) is 0 Å². The monoisotopic (exact) mass is 410 g/mol. The molecule has 10 nitrogen and oxygen atoms in total. The molecule has 1 aliphatic heterocycles. The van der Waals surface area contributed by atoms with Crippen LogP contribution in [-0.2, 0) is 14.8 Å². The number of sulfonamides is 1. The van der Waals surface area contributed by atoms with Gasteiger partial charge in [-0.3, -0.25) is 10.1 Å². The first-order valence-electron chi connectivity index (χ1n) is 8.67. The van der Waals surface area contributed by atoms with Gasteiger partial charge >= 0.3 is 6.01 Å². The van der Waals surface area contributed by atoms with E-state index in [2.05, 4.69) is 15.5 Å². The van der Waals surface area contributed by atoms with Gasteiger partial charge in [0.2, 0.25) is 15.9 Å².